The minimum Gasteiger partial charge on any atom is -0.396 e. The third kappa shape index (κ3) is 2.48. The lowest BCUT2D eigenvalue weighted by molar-refractivity contribution is -0.142. The van der Waals surface area contributed by atoms with Crippen molar-refractivity contribution >= 4 is 0 Å². The molecule has 2 fully saturated rings. The molecule has 0 aliphatic carbocycles. The average molecular weight is 245 g/mol. The lowest BCUT2D eigenvalue weighted by atomic mass is 9.78. The van der Waals surface area contributed by atoms with Crippen molar-refractivity contribution in [3.8, 4) is 0 Å². The molecular formula is C12H23NO4. The summed E-state index contributed by atoms with van der Waals surface area (Å²) in [7, 11) is 0. The van der Waals surface area contributed by atoms with E-state index in [4.69, 9.17) is 5.11 Å². The molecule has 2 aliphatic heterocycles. The van der Waals surface area contributed by atoms with Crippen LogP contribution >= 0.6 is 0 Å². The van der Waals surface area contributed by atoms with Crippen LogP contribution in [-0.2, 0) is 0 Å². The van der Waals surface area contributed by atoms with Crippen LogP contribution in [0.2, 0.25) is 0 Å². The molecule has 0 saturated carbocycles. The van der Waals surface area contributed by atoms with Crippen LogP contribution in [0.1, 0.15) is 26.2 Å². The van der Waals surface area contributed by atoms with Gasteiger partial charge in [0.1, 0.15) is 0 Å². The van der Waals surface area contributed by atoms with Gasteiger partial charge in [0.25, 0.3) is 0 Å². The van der Waals surface area contributed by atoms with E-state index in [-0.39, 0.29) is 24.6 Å². The zero-order valence-electron chi connectivity index (χ0n) is 10.2. The van der Waals surface area contributed by atoms with Crippen LogP contribution in [0.15, 0.2) is 0 Å². The van der Waals surface area contributed by atoms with Crippen LogP contribution in [0.3, 0.4) is 0 Å². The number of nitrogens with zero attached hydrogens (tertiary/aromatic N) is 1. The third-order valence-corrected chi connectivity index (χ3v) is 4.36. The Bertz CT molecular complexity index is 263. The molecule has 17 heavy (non-hydrogen) atoms. The molecule has 0 radical (unpaired) electrons. The van der Waals surface area contributed by atoms with Crippen molar-refractivity contribution in [3.05, 3.63) is 0 Å². The summed E-state index contributed by atoms with van der Waals surface area (Å²) in [6.07, 6.45) is -0.125. The second kappa shape index (κ2) is 5.20. The highest BCUT2D eigenvalue weighted by molar-refractivity contribution is 5.00. The summed E-state index contributed by atoms with van der Waals surface area (Å²) in [5.74, 6) is 0.226. The van der Waals surface area contributed by atoms with Crippen LogP contribution in [-0.4, -0.2) is 68.9 Å². The van der Waals surface area contributed by atoms with Crippen molar-refractivity contribution in [2.45, 2.75) is 56.6 Å². The molecule has 0 spiro atoms. The predicted molar refractivity (Wildman–Crippen MR) is 62.4 cm³/mol. The van der Waals surface area contributed by atoms with Gasteiger partial charge in [-0.3, -0.25) is 4.90 Å². The fraction of sp³-hybridized carbons (Fsp3) is 1.00. The Morgan fingerprint density at radius 1 is 1.12 bits per heavy atom. The lowest BCUT2D eigenvalue weighted by Gasteiger charge is -2.52. The number of rotatable bonds is 2. The Labute approximate surface area is 102 Å². The van der Waals surface area contributed by atoms with E-state index in [0.29, 0.717) is 25.8 Å². The monoisotopic (exact) mass is 245 g/mol. The minimum atomic E-state index is -0.661. The summed E-state index contributed by atoms with van der Waals surface area (Å²) in [5, 5.41) is 38.8. The van der Waals surface area contributed by atoms with Gasteiger partial charge in [0, 0.05) is 25.6 Å². The number of hydrogen-bond donors (Lipinski definition) is 4. The molecule has 4 N–H and O–H groups in total. The maximum Gasteiger partial charge on any atom is 0.0745 e. The Balaban J connectivity index is 2.13. The highest BCUT2D eigenvalue weighted by atomic mass is 16.3. The van der Waals surface area contributed by atoms with Crippen molar-refractivity contribution < 1.29 is 20.4 Å². The summed E-state index contributed by atoms with van der Waals surface area (Å²) in [6, 6.07) is -0.0801. The smallest absolute Gasteiger partial charge is 0.0745 e. The molecule has 6 atom stereocenters. The van der Waals surface area contributed by atoms with Crippen LogP contribution in [0.25, 0.3) is 0 Å². The van der Waals surface area contributed by atoms with E-state index in [1.165, 1.54) is 0 Å². The topological polar surface area (TPSA) is 84.2 Å². The van der Waals surface area contributed by atoms with Crippen molar-refractivity contribution in [1.29, 1.82) is 0 Å². The first-order chi connectivity index (χ1) is 8.04. The quantitative estimate of drug-likeness (QED) is 0.498. The molecular weight excluding hydrogens is 222 g/mol. The van der Waals surface area contributed by atoms with Gasteiger partial charge in [0.2, 0.25) is 0 Å². The van der Waals surface area contributed by atoms with Gasteiger partial charge in [-0.2, -0.15) is 0 Å². The molecule has 0 bridgehead atoms. The van der Waals surface area contributed by atoms with Gasteiger partial charge in [0.05, 0.1) is 24.4 Å². The summed E-state index contributed by atoms with van der Waals surface area (Å²) >= 11 is 0. The van der Waals surface area contributed by atoms with Gasteiger partial charge >= 0.3 is 0 Å². The van der Waals surface area contributed by atoms with Gasteiger partial charge < -0.3 is 20.4 Å². The molecule has 0 aromatic heterocycles. The molecule has 5 unspecified atom stereocenters. The SMILES string of the molecule is CC1C(CCO)CC(O)[C@@H]2C(O)CC(O)CN12. The Hall–Kier alpha value is -0.200. The van der Waals surface area contributed by atoms with Crippen molar-refractivity contribution in [1.82, 2.24) is 4.90 Å². The fourth-order valence-electron chi connectivity index (χ4n) is 3.44. The zero-order valence-corrected chi connectivity index (χ0v) is 10.2. The lowest BCUT2D eigenvalue weighted by Crippen LogP contribution is -2.65. The van der Waals surface area contributed by atoms with Crippen LogP contribution in [0.5, 0.6) is 0 Å². The molecule has 0 aromatic rings. The van der Waals surface area contributed by atoms with Crippen LogP contribution < -0.4 is 0 Å². The van der Waals surface area contributed by atoms with Gasteiger partial charge in [-0.25, -0.2) is 0 Å². The average Bonchev–Trinajstić information content (AvgIpc) is 2.24. The Morgan fingerprint density at radius 2 is 1.76 bits per heavy atom. The first kappa shape index (κ1) is 13.2. The van der Waals surface area contributed by atoms with Crippen molar-refractivity contribution in [2.75, 3.05) is 13.2 Å². The van der Waals surface area contributed by atoms with Gasteiger partial charge in [0.15, 0.2) is 0 Å². The minimum absolute atomic E-state index is 0.116. The van der Waals surface area contributed by atoms with E-state index in [9.17, 15) is 15.3 Å². The summed E-state index contributed by atoms with van der Waals surface area (Å²) in [5.41, 5.74) is 0. The number of aliphatic hydroxyl groups excluding tert-OH is 4. The number of aliphatic hydroxyl groups is 4. The highest BCUT2D eigenvalue weighted by Gasteiger charge is 2.46. The van der Waals surface area contributed by atoms with E-state index in [2.05, 4.69) is 0 Å². The van der Waals surface area contributed by atoms with E-state index in [0.717, 1.165) is 0 Å². The molecule has 0 amide bonds. The zero-order chi connectivity index (χ0) is 12.6. The maximum atomic E-state index is 10.1. The number of piperidine rings is 2. The van der Waals surface area contributed by atoms with E-state index >= 15 is 0 Å². The largest absolute Gasteiger partial charge is 0.396 e. The van der Waals surface area contributed by atoms with Gasteiger partial charge in [-0.1, -0.05) is 0 Å². The normalized spacial score (nSPS) is 47.8. The highest BCUT2D eigenvalue weighted by Crippen LogP contribution is 2.35. The summed E-state index contributed by atoms with van der Waals surface area (Å²) in [6.45, 7) is 2.66. The maximum absolute atomic E-state index is 10.1. The molecule has 100 valence electrons. The van der Waals surface area contributed by atoms with E-state index < -0.39 is 18.3 Å². The second-order valence-corrected chi connectivity index (χ2v) is 5.46. The molecule has 2 aliphatic rings. The van der Waals surface area contributed by atoms with E-state index in [1.807, 2.05) is 11.8 Å². The van der Waals surface area contributed by atoms with Crippen LogP contribution in [0, 0.1) is 5.92 Å². The number of fused-ring (bicyclic) bond motifs is 1. The van der Waals surface area contributed by atoms with E-state index in [1.54, 1.807) is 0 Å². The standard InChI is InChI=1S/C12H23NO4/c1-7-8(2-3-14)4-10(16)12-11(17)5-9(15)6-13(7)12/h7-12,14-17H,2-6H2,1H3/t7?,8?,9?,10?,11?,12-/m1/s1. The Kier molecular flexibility index (Phi) is 4.05. The Morgan fingerprint density at radius 3 is 2.41 bits per heavy atom. The van der Waals surface area contributed by atoms with Crippen molar-refractivity contribution in [3.63, 3.8) is 0 Å². The molecule has 2 heterocycles. The third-order valence-electron chi connectivity index (χ3n) is 4.36. The molecule has 5 nitrogen and oxygen atoms in total. The predicted octanol–water partition coefficient (Wildman–Crippen LogP) is -1.07. The number of hydrogen-bond acceptors (Lipinski definition) is 5. The second-order valence-electron chi connectivity index (χ2n) is 5.46. The van der Waals surface area contributed by atoms with Crippen molar-refractivity contribution in [2.24, 2.45) is 5.92 Å². The molecule has 5 heteroatoms. The molecule has 2 rings (SSSR count). The van der Waals surface area contributed by atoms with Crippen LogP contribution in [0.4, 0.5) is 0 Å². The summed E-state index contributed by atoms with van der Waals surface area (Å²) in [4.78, 5) is 2.01. The van der Waals surface area contributed by atoms with Gasteiger partial charge in [-0.15, -0.1) is 0 Å². The van der Waals surface area contributed by atoms with Gasteiger partial charge in [-0.05, 0) is 25.7 Å². The molecule has 2 saturated heterocycles. The fourth-order valence-corrected chi connectivity index (χ4v) is 3.44. The first-order valence-electron chi connectivity index (χ1n) is 6.45. The first-order valence-corrected chi connectivity index (χ1v) is 6.45. The summed E-state index contributed by atoms with van der Waals surface area (Å²) < 4.78 is 0. The molecule has 0 aromatic carbocycles.